The third-order valence-electron chi connectivity index (χ3n) is 4.87. The van der Waals surface area contributed by atoms with Crippen LogP contribution in [0.1, 0.15) is 16.8 Å². The average Bonchev–Trinajstić information content (AvgIpc) is 3.25. The number of carboxylic acids is 1. The van der Waals surface area contributed by atoms with Gasteiger partial charge in [-0.25, -0.2) is 4.79 Å². The second-order valence-corrected chi connectivity index (χ2v) is 8.25. The van der Waals surface area contributed by atoms with E-state index < -0.39 is 5.97 Å². The molecule has 0 unspecified atom stereocenters. The maximum absolute atomic E-state index is 11.4. The number of ether oxygens (including phenoxy) is 1. The van der Waals surface area contributed by atoms with Crippen molar-refractivity contribution >= 4 is 34.8 Å². The molecule has 1 N–H and O–H groups in total. The zero-order valence-corrected chi connectivity index (χ0v) is 18.3. The van der Waals surface area contributed by atoms with Crippen LogP contribution in [0.25, 0.3) is 11.1 Å². The zero-order chi connectivity index (χ0) is 22.2. The number of aromatic carboxylic acids is 1. The van der Waals surface area contributed by atoms with Crippen LogP contribution < -0.4 is 9.64 Å². The lowest BCUT2D eigenvalue weighted by atomic mass is 10.2. The molecule has 0 radical (unpaired) electrons. The number of anilines is 1. The number of oxazole rings is 1. The van der Waals surface area contributed by atoms with Crippen molar-refractivity contribution in [2.24, 2.45) is 0 Å². The summed E-state index contributed by atoms with van der Waals surface area (Å²) in [6.45, 7) is 1.84. The molecule has 4 aromatic rings. The van der Waals surface area contributed by atoms with Crippen molar-refractivity contribution in [1.82, 2.24) is 4.98 Å². The minimum absolute atomic E-state index is 0.338. The van der Waals surface area contributed by atoms with Crippen LogP contribution in [0, 0.1) is 0 Å². The van der Waals surface area contributed by atoms with Gasteiger partial charge in [-0.05, 0) is 48.6 Å². The van der Waals surface area contributed by atoms with Gasteiger partial charge in [0.05, 0.1) is 12.1 Å². The number of thioether (sulfide) groups is 1. The SMILES string of the molecule is O=C(O)c1ccccc1SCCCN(CCOc1ccccc1)c1nc2ccccc2o1. The smallest absolute Gasteiger partial charge is 0.336 e. The topological polar surface area (TPSA) is 75.8 Å². The van der Waals surface area contributed by atoms with Crippen molar-refractivity contribution in [3.8, 4) is 5.75 Å². The molecule has 0 aliphatic heterocycles. The van der Waals surface area contributed by atoms with E-state index in [1.54, 1.807) is 23.9 Å². The molecule has 32 heavy (non-hydrogen) atoms. The number of benzene rings is 3. The highest BCUT2D eigenvalue weighted by molar-refractivity contribution is 7.99. The van der Waals surface area contributed by atoms with E-state index in [0.717, 1.165) is 33.9 Å². The molecular formula is C25H24N2O4S. The number of hydrogen-bond donors (Lipinski definition) is 1. The maximum Gasteiger partial charge on any atom is 0.336 e. The van der Waals surface area contributed by atoms with E-state index in [4.69, 9.17) is 9.15 Å². The van der Waals surface area contributed by atoms with Crippen LogP contribution in [0.4, 0.5) is 6.01 Å². The Labute approximate surface area is 190 Å². The van der Waals surface area contributed by atoms with Gasteiger partial charge in [-0.15, -0.1) is 11.8 Å². The largest absolute Gasteiger partial charge is 0.492 e. The Hall–Kier alpha value is -3.45. The summed E-state index contributed by atoms with van der Waals surface area (Å²) in [5.74, 6) is 0.700. The van der Waals surface area contributed by atoms with E-state index >= 15 is 0 Å². The van der Waals surface area contributed by atoms with Gasteiger partial charge in [-0.1, -0.05) is 42.5 Å². The molecule has 6 nitrogen and oxygen atoms in total. The molecule has 0 atom stereocenters. The molecule has 3 aromatic carbocycles. The second-order valence-electron chi connectivity index (χ2n) is 7.12. The minimum Gasteiger partial charge on any atom is -0.492 e. The van der Waals surface area contributed by atoms with Crippen LogP contribution in [0.15, 0.2) is 88.2 Å². The van der Waals surface area contributed by atoms with E-state index in [1.807, 2.05) is 66.7 Å². The fourth-order valence-corrected chi connectivity index (χ4v) is 4.27. The molecule has 0 spiro atoms. The Morgan fingerprint density at radius 1 is 0.969 bits per heavy atom. The van der Waals surface area contributed by atoms with Gasteiger partial charge in [-0.3, -0.25) is 0 Å². The summed E-state index contributed by atoms with van der Waals surface area (Å²) in [5.41, 5.74) is 1.91. The van der Waals surface area contributed by atoms with E-state index in [9.17, 15) is 9.90 Å². The Morgan fingerprint density at radius 2 is 1.72 bits per heavy atom. The third-order valence-corrected chi connectivity index (χ3v) is 6.03. The van der Waals surface area contributed by atoms with Crippen molar-refractivity contribution in [2.45, 2.75) is 11.3 Å². The lowest BCUT2D eigenvalue weighted by molar-refractivity contribution is 0.0693. The van der Waals surface area contributed by atoms with Crippen molar-refractivity contribution in [1.29, 1.82) is 0 Å². The Morgan fingerprint density at radius 3 is 2.53 bits per heavy atom. The Bertz CT molecular complexity index is 1130. The van der Waals surface area contributed by atoms with Crippen LogP contribution in [0.5, 0.6) is 5.75 Å². The van der Waals surface area contributed by atoms with Crippen molar-refractivity contribution in [3.63, 3.8) is 0 Å². The highest BCUT2D eigenvalue weighted by Gasteiger charge is 2.15. The number of fused-ring (bicyclic) bond motifs is 1. The molecule has 0 saturated heterocycles. The molecule has 0 aliphatic rings. The van der Waals surface area contributed by atoms with E-state index in [-0.39, 0.29) is 0 Å². The monoisotopic (exact) mass is 448 g/mol. The Kier molecular flexibility index (Phi) is 7.30. The first-order valence-electron chi connectivity index (χ1n) is 10.4. The van der Waals surface area contributed by atoms with Gasteiger partial charge in [0.15, 0.2) is 5.58 Å². The molecule has 0 fully saturated rings. The lowest BCUT2D eigenvalue weighted by Crippen LogP contribution is -2.30. The van der Waals surface area contributed by atoms with Gasteiger partial charge < -0.3 is 19.2 Å². The third kappa shape index (κ3) is 5.62. The predicted octanol–water partition coefficient (Wildman–Crippen LogP) is 5.59. The molecule has 0 saturated carbocycles. The Balaban J connectivity index is 1.39. The van der Waals surface area contributed by atoms with Crippen LogP contribution >= 0.6 is 11.8 Å². The number of nitrogens with zero attached hydrogens (tertiary/aromatic N) is 2. The van der Waals surface area contributed by atoms with Crippen molar-refractivity contribution < 1.29 is 19.1 Å². The fraction of sp³-hybridized carbons (Fsp3) is 0.200. The molecule has 4 rings (SSSR count). The molecular weight excluding hydrogens is 424 g/mol. The van der Waals surface area contributed by atoms with E-state index in [0.29, 0.717) is 31.3 Å². The molecule has 1 heterocycles. The van der Waals surface area contributed by atoms with Crippen LogP contribution in [-0.4, -0.2) is 41.5 Å². The van der Waals surface area contributed by atoms with Crippen LogP contribution in [-0.2, 0) is 0 Å². The average molecular weight is 449 g/mol. The standard InChI is InChI=1S/C25H24N2O4S/c28-24(29)20-11-4-7-14-23(20)32-18-8-15-27(16-17-30-19-9-2-1-3-10-19)25-26-21-12-5-6-13-22(21)31-25/h1-7,9-14H,8,15-18H2,(H,28,29). The van der Waals surface area contributed by atoms with Crippen molar-refractivity contribution in [2.75, 3.05) is 30.3 Å². The van der Waals surface area contributed by atoms with E-state index in [2.05, 4.69) is 9.88 Å². The maximum atomic E-state index is 11.4. The van der Waals surface area contributed by atoms with E-state index in [1.165, 1.54) is 0 Å². The van der Waals surface area contributed by atoms with Crippen LogP contribution in [0.3, 0.4) is 0 Å². The van der Waals surface area contributed by atoms with Crippen molar-refractivity contribution in [3.05, 3.63) is 84.4 Å². The molecule has 1 aromatic heterocycles. The van der Waals surface area contributed by atoms with Gasteiger partial charge in [0.25, 0.3) is 6.01 Å². The minimum atomic E-state index is -0.903. The number of carboxylic acid groups (broad SMARTS) is 1. The van der Waals surface area contributed by atoms with Gasteiger partial charge >= 0.3 is 5.97 Å². The fourth-order valence-electron chi connectivity index (χ4n) is 3.30. The summed E-state index contributed by atoms with van der Waals surface area (Å²) in [6.07, 6.45) is 0.836. The molecule has 7 heteroatoms. The van der Waals surface area contributed by atoms with Gasteiger partial charge in [0.2, 0.25) is 0 Å². The summed E-state index contributed by atoms with van der Waals surface area (Å²) < 4.78 is 11.8. The van der Waals surface area contributed by atoms with Gasteiger partial charge in [0, 0.05) is 11.4 Å². The summed E-state index contributed by atoms with van der Waals surface area (Å²) >= 11 is 1.55. The summed E-state index contributed by atoms with van der Waals surface area (Å²) in [7, 11) is 0. The quantitative estimate of drug-likeness (QED) is 0.237. The number of carbonyl (C=O) groups is 1. The molecule has 0 bridgehead atoms. The number of aromatic nitrogens is 1. The first-order chi connectivity index (χ1) is 15.7. The highest BCUT2D eigenvalue weighted by atomic mass is 32.2. The second kappa shape index (κ2) is 10.7. The predicted molar refractivity (Wildman–Crippen MR) is 127 cm³/mol. The van der Waals surface area contributed by atoms with Gasteiger partial charge in [-0.2, -0.15) is 4.98 Å². The highest BCUT2D eigenvalue weighted by Crippen LogP contribution is 2.25. The summed E-state index contributed by atoms with van der Waals surface area (Å²) in [5, 5.41) is 9.36. The molecule has 0 aliphatic carbocycles. The summed E-state index contributed by atoms with van der Waals surface area (Å²) in [6, 6.07) is 25.1. The zero-order valence-electron chi connectivity index (χ0n) is 17.5. The number of rotatable bonds is 11. The van der Waals surface area contributed by atoms with Crippen LogP contribution in [0.2, 0.25) is 0 Å². The normalized spacial score (nSPS) is 10.9. The number of para-hydroxylation sites is 3. The summed E-state index contributed by atoms with van der Waals surface area (Å²) in [4.78, 5) is 18.9. The lowest BCUT2D eigenvalue weighted by Gasteiger charge is -2.20. The first kappa shape index (κ1) is 21.8. The number of hydrogen-bond acceptors (Lipinski definition) is 6. The first-order valence-corrected chi connectivity index (χ1v) is 11.4. The molecule has 164 valence electrons. The van der Waals surface area contributed by atoms with Gasteiger partial charge in [0.1, 0.15) is 17.9 Å². The molecule has 0 amide bonds.